The highest BCUT2D eigenvalue weighted by molar-refractivity contribution is 8.01. The van der Waals surface area contributed by atoms with Crippen LogP contribution in [0.15, 0.2) is 91.0 Å². The molecule has 1 N–H and O–H groups in total. The van der Waals surface area contributed by atoms with E-state index in [1.54, 1.807) is 0 Å². The maximum absolute atomic E-state index is 10.2. The van der Waals surface area contributed by atoms with Crippen LogP contribution < -0.4 is 0 Å². The van der Waals surface area contributed by atoms with E-state index in [1.807, 2.05) is 36.9 Å². The third kappa shape index (κ3) is 3.65. The van der Waals surface area contributed by atoms with Gasteiger partial charge in [-0.15, -0.1) is 11.8 Å². The molecule has 2 atom stereocenters. The molecule has 0 bridgehead atoms. The summed E-state index contributed by atoms with van der Waals surface area (Å²) >= 11 is 1.81. The van der Waals surface area contributed by atoms with Crippen molar-refractivity contribution in [3.8, 4) is 0 Å². The van der Waals surface area contributed by atoms with E-state index in [4.69, 9.17) is 0 Å². The van der Waals surface area contributed by atoms with Gasteiger partial charge in [0.15, 0.2) is 0 Å². The Morgan fingerprint density at radius 3 is 1.24 bits per heavy atom. The number of aliphatic hydroxyl groups is 1. The molecule has 0 aromatic heterocycles. The van der Waals surface area contributed by atoms with E-state index >= 15 is 0 Å². The number of hydrogen-bond donors (Lipinski definition) is 1. The lowest BCUT2D eigenvalue weighted by atomic mass is 9.84. The van der Waals surface area contributed by atoms with Crippen LogP contribution >= 0.6 is 11.8 Å². The zero-order valence-electron chi connectivity index (χ0n) is 14.7. The van der Waals surface area contributed by atoms with Gasteiger partial charge in [0.05, 0.1) is 10.9 Å². The summed E-state index contributed by atoms with van der Waals surface area (Å²) in [5.41, 5.74) is 3.68. The molecule has 0 radical (unpaired) electrons. The molecule has 2 heteroatoms. The number of thioether (sulfide) groups is 1. The first-order chi connectivity index (χ1) is 12.1. The molecule has 0 aliphatic rings. The van der Waals surface area contributed by atoms with E-state index in [-0.39, 0.29) is 16.1 Å². The minimum atomic E-state index is -0.388. The summed E-state index contributed by atoms with van der Waals surface area (Å²) in [5, 5.41) is 10.3. The van der Waals surface area contributed by atoms with Crippen LogP contribution in [0.2, 0.25) is 0 Å². The first-order valence-electron chi connectivity index (χ1n) is 8.67. The highest BCUT2D eigenvalue weighted by atomic mass is 32.2. The average molecular weight is 349 g/mol. The fourth-order valence-electron chi connectivity index (χ4n) is 3.10. The summed E-state index contributed by atoms with van der Waals surface area (Å²) < 4.78 is -0.361. The highest BCUT2D eigenvalue weighted by Crippen LogP contribution is 2.50. The third-order valence-corrected chi connectivity index (χ3v) is 6.41. The second kappa shape index (κ2) is 7.90. The van der Waals surface area contributed by atoms with Gasteiger partial charge in [0.1, 0.15) is 0 Å². The lowest BCUT2D eigenvalue weighted by molar-refractivity contribution is 0.196. The molecule has 3 aromatic rings. The molecule has 0 spiro atoms. The molecule has 0 fully saturated rings. The molecule has 0 saturated carbocycles. The molecular formula is C23H24OS. The summed E-state index contributed by atoms with van der Waals surface area (Å²) in [4.78, 5) is 0. The van der Waals surface area contributed by atoms with Gasteiger partial charge < -0.3 is 5.11 Å². The summed E-state index contributed by atoms with van der Waals surface area (Å²) in [6.45, 7) is 3.96. The summed E-state index contributed by atoms with van der Waals surface area (Å²) in [6, 6.07) is 31.8. The van der Waals surface area contributed by atoms with Crippen LogP contribution in [-0.2, 0) is 4.75 Å². The van der Waals surface area contributed by atoms with Crippen LogP contribution in [0.5, 0.6) is 0 Å². The predicted molar refractivity (Wildman–Crippen MR) is 108 cm³/mol. The lowest BCUT2D eigenvalue weighted by Gasteiger charge is -2.38. The molecule has 128 valence electrons. The van der Waals surface area contributed by atoms with Crippen LogP contribution in [0.4, 0.5) is 0 Å². The van der Waals surface area contributed by atoms with Gasteiger partial charge in [-0.05, 0) is 23.6 Å². The average Bonchev–Trinajstić information content (AvgIpc) is 2.68. The molecule has 1 nitrogen and oxygen atoms in total. The maximum Gasteiger partial charge on any atom is 0.0910 e. The van der Waals surface area contributed by atoms with Crippen molar-refractivity contribution in [1.82, 2.24) is 0 Å². The van der Waals surface area contributed by atoms with E-state index in [0.29, 0.717) is 0 Å². The fourth-order valence-corrected chi connectivity index (χ4v) is 4.67. The summed E-state index contributed by atoms with van der Waals surface area (Å²) in [7, 11) is 0. The SMILES string of the molecule is CC(O)C(C)SC(c1ccccc1)(c1ccccc1)c1ccccc1. The summed E-state index contributed by atoms with van der Waals surface area (Å²) in [5.74, 6) is 0. The largest absolute Gasteiger partial charge is 0.392 e. The summed E-state index contributed by atoms with van der Waals surface area (Å²) in [6.07, 6.45) is -0.388. The van der Waals surface area contributed by atoms with Crippen molar-refractivity contribution in [1.29, 1.82) is 0 Å². The molecule has 0 amide bonds. The van der Waals surface area contributed by atoms with Crippen LogP contribution in [0, 0.1) is 0 Å². The van der Waals surface area contributed by atoms with Gasteiger partial charge in [0.25, 0.3) is 0 Å². The van der Waals surface area contributed by atoms with E-state index in [9.17, 15) is 5.11 Å². The Hall–Kier alpha value is -2.03. The standard InChI is InChI=1S/C23H24OS/c1-18(24)19(2)25-23(20-12-6-3-7-13-20,21-14-8-4-9-15-21)22-16-10-5-11-17-22/h3-19,24H,1-2H3. The van der Waals surface area contributed by atoms with Gasteiger partial charge in [0.2, 0.25) is 0 Å². The van der Waals surface area contributed by atoms with Gasteiger partial charge >= 0.3 is 0 Å². The van der Waals surface area contributed by atoms with E-state index < -0.39 is 0 Å². The molecule has 3 aromatic carbocycles. The Bertz CT molecular complexity index is 672. The topological polar surface area (TPSA) is 20.2 Å². The Kier molecular flexibility index (Phi) is 5.62. The number of hydrogen-bond acceptors (Lipinski definition) is 2. The van der Waals surface area contributed by atoms with Gasteiger partial charge in [0, 0.05) is 5.25 Å². The quantitative estimate of drug-likeness (QED) is 0.595. The van der Waals surface area contributed by atoms with Crippen LogP contribution in [0.1, 0.15) is 30.5 Å². The van der Waals surface area contributed by atoms with Gasteiger partial charge in [-0.25, -0.2) is 0 Å². The fraction of sp³-hybridized carbons (Fsp3) is 0.217. The molecule has 0 saturated heterocycles. The molecule has 25 heavy (non-hydrogen) atoms. The zero-order valence-corrected chi connectivity index (χ0v) is 15.5. The molecule has 0 aliphatic carbocycles. The van der Waals surface area contributed by atoms with Crippen molar-refractivity contribution in [2.24, 2.45) is 0 Å². The number of rotatable bonds is 6. The Labute approximate surface area is 154 Å². The van der Waals surface area contributed by atoms with Crippen LogP contribution in [0.3, 0.4) is 0 Å². The smallest absolute Gasteiger partial charge is 0.0910 e. The molecule has 2 unspecified atom stereocenters. The normalized spacial score (nSPS) is 14.0. The minimum Gasteiger partial charge on any atom is -0.392 e. The lowest BCUT2D eigenvalue weighted by Crippen LogP contribution is -2.31. The molecule has 0 heterocycles. The van der Waals surface area contributed by atoms with Crippen molar-refractivity contribution in [3.63, 3.8) is 0 Å². The second-order valence-corrected chi connectivity index (χ2v) is 7.93. The number of aliphatic hydroxyl groups excluding tert-OH is 1. The first-order valence-corrected chi connectivity index (χ1v) is 9.55. The molecular weight excluding hydrogens is 324 g/mol. The highest BCUT2D eigenvalue weighted by Gasteiger charge is 2.39. The van der Waals surface area contributed by atoms with Crippen molar-refractivity contribution in [2.75, 3.05) is 0 Å². The van der Waals surface area contributed by atoms with Crippen LogP contribution in [-0.4, -0.2) is 16.5 Å². The van der Waals surface area contributed by atoms with Gasteiger partial charge in [-0.3, -0.25) is 0 Å². The van der Waals surface area contributed by atoms with E-state index in [0.717, 1.165) is 0 Å². The predicted octanol–water partition coefficient (Wildman–Crippen LogP) is 5.48. The number of benzene rings is 3. The Morgan fingerprint density at radius 2 is 0.960 bits per heavy atom. The monoisotopic (exact) mass is 348 g/mol. The molecule has 0 aliphatic heterocycles. The Morgan fingerprint density at radius 1 is 0.640 bits per heavy atom. The van der Waals surface area contributed by atoms with Crippen LogP contribution in [0.25, 0.3) is 0 Å². The van der Waals surface area contributed by atoms with E-state index in [2.05, 4.69) is 79.7 Å². The third-order valence-electron chi connectivity index (χ3n) is 4.58. The Balaban J connectivity index is 2.27. The van der Waals surface area contributed by atoms with E-state index in [1.165, 1.54) is 16.7 Å². The second-order valence-electron chi connectivity index (χ2n) is 6.34. The van der Waals surface area contributed by atoms with Gasteiger partial charge in [-0.1, -0.05) is 97.9 Å². The zero-order chi connectivity index (χ0) is 17.7. The van der Waals surface area contributed by atoms with Crippen molar-refractivity contribution in [3.05, 3.63) is 108 Å². The van der Waals surface area contributed by atoms with Gasteiger partial charge in [-0.2, -0.15) is 0 Å². The molecule has 3 rings (SSSR count). The van der Waals surface area contributed by atoms with Crippen molar-refractivity contribution >= 4 is 11.8 Å². The van der Waals surface area contributed by atoms with Crippen molar-refractivity contribution < 1.29 is 5.11 Å². The maximum atomic E-state index is 10.2. The minimum absolute atomic E-state index is 0.0839. The van der Waals surface area contributed by atoms with Crippen molar-refractivity contribution in [2.45, 2.75) is 29.9 Å². The first kappa shape index (κ1) is 17.8.